The molecule has 2 aliphatic rings. The normalized spacial score (nSPS) is 18.1. The van der Waals surface area contributed by atoms with Gasteiger partial charge in [-0.1, -0.05) is 110 Å². The van der Waals surface area contributed by atoms with Gasteiger partial charge in [0.05, 0.1) is 27.9 Å². The predicted octanol–water partition coefficient (Wildman–Crippen LogP) is 9.62. The van der Waals surface area contributed by atoms with Crippen molar-refractivity contribution < 1.29 is 0 Å². The van der Waals surface area contributed by atoms with Crippen LogP contribution in [0.1, 0.15) is 24.5 Å². The molecule has 3 heteroatoms. The zero-order chi connectivity index (χ0) is 28.0. The second kappa shape index (κ2) is 10.0. The summed E-state index contributed by atoms with van der Waals surface area (Å²) in [6.07, 6.45) is 14.5. The van der Waals surface area contributed by atoms with E-state index in [9.17, 15) is 0 Å². The molecule has 1 unspecified atom stereocenters. The van der Waals surface area contributed by atoms with Gasteiger partial charge in [-0.05, 0) is 64.5 Å². The summed E-state index contributed by atoms with van der Waals surface area (Å²) in [5, 5.41) is 3.29. The van der Waals surface area contributed by atoms with Crippen LogP contribution in [0, 0.1) is 11.8 Å². The summed E-state index contributed by atoms with van der Waals surface area (Å²) >= 11 is 0. The minimum absolute atomic E-state index is 0.357. The van der Waals surface area contributed by atoms with Crippen molar-refractivity contribution in [1.82, 2.24) is 15.0 Å². The number of allylic oxidation sites excluding steroid dienone is 8. The number of hydrogen-bond donors (Lipinski definition) is 0. The minimum atomic E-state index is 0.357. The molecule has 8 rings (SSSR count). The lowest BCUT2D eigenvalue weighted by Crippen LogP contribution is -2.20. The quantitative estimate of drug-likeness (QED) is 0.209. The fourth-order valence-corrected chi connectivity index (χ4v) is 6.57. The third kappa shape index (κ3) is 4.17. The Labute approximate surface area is 245 Å². The van der Waals surface area contributed by atoms with Crippen molar-refractivity contribution in [2.75, 3.05) is 0 Å². The number of pyridine rings is 3. The summed E-state index contributed by atoms with van der Waals surface area (Å²) in [5.41, 5.74) is 11.1. The van der Waals surface area contributed by atoms with Gasteiger partial charge in [-0.25, -0.2) is 9.97 Å². The van der Waals surface area contributed by atoms with E-state index in [1.807, 2.05) is 12.3 Å². The molecule has 42 heavy (non-hydrogen) atoms. The first-order valence-electron chi connectivity index (χ1n) is 14.7. The number of benzene rings is 3. The first kappa shape index (κ1) is 24.6. The Hall–Kier alpha value is -5.15. The third-order valence-electron chi connectivity index (χ3n) is 8.75. The van der Waals surface area contributed by atoms with Crippen molar-refractivity contribution >= 4 is 43.9 Å². The molecule has 0 radical (unpaired) electrons. The van der Waals surface area contributed by atoms with Crippen LogP contribution in [0.25, 0.3) is 55.2 Å². The van der Waals surface area contributed by atoms with Gasteiger partial charge in [0.2, 0.25) is 0 Å². The van der Waals surface area contributed by atoms with E-state index < -0.39 is 0 Å². The molecule has 2 atom stereocenters. The molecule has 3 heterocycles. The molecule has 0 saturated heterocycles. The fourth-order valence-electron chi connectivity index (χ4n) is 6.57. The molecule has 0 spiro atoms. The van der Waals surface area contributed by atoms with Gasteiger partial charge in [0.25, 0.3) is 0 Å². The lowest BCUT2D eigenvalue weighted by atomic mass is 9.71. The Morgan fingerprint density at radius 3 is 2.26 bits per heavy atom. The smallest absolute Gasteiger partial charge is 0.0972 e. The highest BCUT2D eigenvalue weighted by Gasteiger charge is 2.29. The van der Waals surface area contributed by atoms with Gasteiger partial charge in [0.15, 0.2) is 0 Å². The van der Waals surface area contributed by atoms with Gasteiger partial charge < -0.3 is 0 Å². The molecular weight excluding hydrogens is 510 g/mol. The van der Waals surface area contributed by atoms with Crippen LogP contribution >= 0.6 is 0 Å². The van der Waals surface area contributed by atoms with Gasteiger partial charge in [-0.3, -0.25) is 4.98 Å². The summed E-state index contributed by atoms with van der Waals surface area (Å²) in [5.74, 6) is 0.803. The molecule has 0 aliphatic heterocycles. The van der Waals surface area contributed by atoms with Gasteiger partial charge in [-0.2, -0.15) is 0 Å². The van der Waals surface area contributed by atoms with E-state index in [0.29, 0.717) is 11.8 Å². The Morgan fingerprint density at radius 2 is 1.40 bits per heavy atom. The standard InChI is InChI=1S/C39H29N3/c1-2-32-33(25-7-4-3-5-8-25)19-16-26-10-14-30(23-34(26)32)31-15-11-27-17-20-35(41-37(27)24-31)36-21-18-29-13-12-28-9-6-22-40-38(28)39(29)42-36/h3-24,32,34H,2H2,1H3/t32-,34?/m1/s1. The maximum atomic E-state index is 5.10. The van der Waals surface area contributed by atoms with Crippen LogP contribution in [0.15, 0.2) is 139 Å². The highest BCUT2D eigenvalue weighted by atomic mass is 14.8. The van der Waals surface area contributed by atoms with Crippen molar-refractivity contribution in [2.24, 2.45) is 11.8 Å². The average molecular weight is 540 g/mol. The highest BCUT2D eigenvalue weighted by molar-refractivity contribution is 6.03. The van der Waals surface area contributed by atoms with E-state index in [0.717, 1.165) is 50.5 Å². The second-order valence-corrected chi connectivity index (χ2v) is 11.2. The first-order valence-corrected chi connectivity index (χ1v) is 14.7. The van der Waals surface area contributed by atoms with Gasteiger partial charge in [0, 0.05) is 28.3 Å². The Balaban J connectivity index is 1.16. The summed E-state index contributed by atoms with van der Waals surface area (Å²) in [6, 6.07) is 34.1. The highest BCUT2D eigenvalue weighted by Crippen LogP contribution is 2.43. The number of fused-ring (bicyclic) bond motifs is 5. The maximum absolute atomic E-state index is 5.10. The number of rotatable bonds is 4. The molecule has 200 valence electrons. The molecule has 2 aliphatic carbocycles. The van der Waals surface area contributed by atoms with Crippen LogP contribution in [0.2, 0.25) is 0 Å². The van der Waals surface area contributed by atoms with Gasteiger partial charge >= 0.3 is 0 Å². The van der Waals surface area contributed by atoms with Crippen molar-refractivity contribution in [1.29, 1.82) is 0 Å². The summed E-state index contributed by atoms with van der Waals surface area (Å²) in [4.78, 5) is 14.7. The van der Waals surface area contributed by atoms with Crippen LogP contribution in [0.4, 0.5) is 0 Å². The first-order chi connectivity index (χ1) is 20.7. The molecule has 3 nitrogen and oxygen atoms in total. The second-order valence-electron chi connectivity index (χ2n) is 11.2. The fraction of sp³-hybridized carbons (Fsp3) is 0.103. The lowest BCUT2D eigenvalue weighted by molar-refractivity contribution is 0.534. The van der Waals surface area contributed by atoms with E-state index in [2.05, 4.69) is 133 Å². The van der Waals surface area contributed by atoms with Crippen molar-refractivity contribution in [3.8, 4) is 11.4 Å². The SMILES string of the molecule is CC[C@@H]1C(c2ccccc2)=CC=C2C=CC(c3ccc4ccc(-c5ccc6ccc7cccnc7c6n5)nc4c3)=CC21. The van der Waals surface area contributed by atoms with E-state index in [1.54, 1.807) is 0 Å². The van der Waals surface area contributed by atoms with E-state index in [4.69, 9.17) is 9.97 Å². The topological polar surface area (TPSA) is 38.7 Å². The molecule has 0 fully saturated rings. The van der Waals surface area contributed by atoms with E-state index in [1.165, 1.54) is 27.8 Å². The summed E-state index contributed by atoms with van der Waals surface area (Å²) < 4.78 is 0. The number of hydrogen-bond acceptors (Lipinski definition) is 3. The number of nitrogens with zero attached hydrogens (tertiary/aromatic N) is 3. The Kier molecular flexibility index (Phi) is 5.89. The van der Waals surface area contributed by atoms with Crippen LogP contribution in [-0.2, 0) is 0 Å². The van der Waals surface area contributed by atoms with Crippen LogP contribution in [0.5, 0.6) is 0 Å². The van der Waals surface area contributed by atoms with E-state index >= 15 is 0 Å². The molecule has 0 amide bonds. The third-order valence-corrected chi connectivity index (χ3v) is 8.75. The van der Waals surface area contributed by atoms with Crippen LogP contribution in [-0.4, -0.2) is 15.0 Å². The molecule has 0 N–H and O–H groups in total. The Morgan fingerprint density at radius 1 is 0.643 bits per heavy atom. The van der Waals surface area contributed by atoms with Crippen LogP contribution in [0.3, 0.4) is 0 Å². The monoisotopic (exact) mass is 539 g/mol. The molecule has 0 saturated carbocycles. The van der Waals surface area contributed by atoms with Crippen molar-refractivity contribution in [3.63, 3.8) is 0 Å². The molecule has 3 aromatic heterocycles. The number of aromatic nitrogens is 3. The van der Waals surface area contributed by atoms with Gasteiger partial charge in [-0.15, -0.1) is 0 Å². The van der Waals surface area contributed by atoms with Crippen molar-refractivity contribution in [3.05, 3.63) is 150 Å². The largest absolute Gasteiger partial charge is 0.254 e. The lowest BCUT2D eigenvalue weighted by Gasteiger charge is -2.33. The van der Waals surface area contributed by atoms with Crippen molar-refractivity contribution in [2.45, 2.75) is 13.3 Å². The average Bonchev–Trinajstić information content (AvgIpc) is 3.07. The molecular formula is C39H29N3. The molecule has 6 aromatic rings. The zero-order valence-electron chi connectivity index (χ0n) is 23.4. The maximum Gasteiger partial charge on any atom is 0.0972 e. The zero-order valence-corrected chi connectivity index (χ0v) is 23.4. The summed E-state index contributed by atoms with van der Waals surface area (Å²) in [6.45, 7) is 2.30. The van der Waals surface area contributed by atoms with E-state index in [-0.39, 0.29) is 0 Å². The van der Waals surface area contributed by atoms with Gasteiger partial charge in [0.1, 0.15) is 0 Å². The minimum Gasteiger partial charge on any atom is -0.254 e. The van der Waals surface area contributed by atoms with Crippen LogP contribution < -0.4 is 0 Å². The molecule has 3 aromatic carbocycles. The Bertz CT molecular complexity index is 2130. The molecule has 0 bridgehead atoms. The summed E-state index contributed by atoms with van der Waals surface area (Å²) in [7, 11) is 0. The predicted molar refractivity (Wildman–Crippen MR) is 175 cm³/mol.